The number of carboxylic acid groups (broad SMARTS) is 3. The van der Waals surface area contributed by atoms with Crippen LogP contribution in [0.2, 0.25) is 0 Å². The molecule has 7 nitrogen and oxygen atoms in total. The number of hydrogen-bond acceptors (Lipinski definition) is 5. The van der Waals surface area contributed by atoms with Gasteiger partial charge < -0.3 is 37.6 Å². The Balaban J connectivity index is -0.000000240. The van der Waals surface area contributed by atoms with Crippen molar-refractivity contribution in [2.45, 2.75) is 18.4 Å². The zero-order valence-corrected chi connectivity index (χ0v) is 15.8. The fraction of sp³-hybridized carbons (Fsp3) is 0.500. The predicted octanol–water partition coefficient (Wildman–Crippen LogP) is -11.6. The van der Waals surface area contributed by atoms with Crippen LogP contribution < -0.4 is 120 Å². The van der Waals surface area contributed by atoms with E-state index in [0.717, 1.165) is 0 Å². The predicted molar refractivity (Wildman–Crippen MR) is 34.5 cm³/mol. The largest absolute Gasteiger partial charge is 1.00 e. The molecule has 0 fully saturated rings. The van der Waals surface area contributed by atoms with E-state index in [-0.39, 0.29) is 115 Å². The van der Waals surface area contributed by atoms with E-state index >= 15 is 0 Å². The average Bonchev–Trinajstić information content (AvgIpc) is 1.82. The van der Waals surface area contributed by atoms with E-state index in [1.165, 1.54) is 0 Å². The minimum absolute atomic E-state index is 0. The molecule has 0 heterocycles. The molecule has 0 saturated heterocycles. The minimum Gasteiger partial charge on any atom is -1.00 e. The molecule has 0 aliphatic heterocycles. The summed E-state index contributed by atoms with van der Waals surface area (Å²) in [6.07, 6.45) is -2.44. The van der Waals surface area contributed by atoms with Gasteiger partial charge in [0.2, 0.25) is 0 Å². The van der Waals surface area contributed by atoms with Crippen molar-refractivity contribution in [3.05, 3.63) is 0 Å². The zero-order valence-electron chi connectivity index (χ0n) is 8.77. The van der Waals surface area contributed by atoms with Crippen molar-refractivity contribution in [3.63, 3.8) is 0 Å². The van der Waals surface area contributed by atoms with Crippen LogP contribution in [-0.4, -0.2) is 38.8 Å². The van der Waals surface area contributed by atoms with Gasteiger partial charge in [0, 0.05) is 12.4 Å². The molecule has 0 saturated carbocycles. The molecule has 0 aliphatic rings. The standard InChI is InChI=1S/C6H8O7.ClH.2K/c7-3(8)1-6(13,5(11)12)2-4(9)10;;;/h13H,1-2H2,(H,7,8)(H,9,10)(H,11,12);1H;;/q;;2*+1/p-2. The fourth-order valence-electron chi connectivity index (χ4n) is 0.703. The van der Waals surface area contributed by atoms with Crippen LogP contribution in [0.15, 0.2) is 0 Å². The Hall–Kier alpha value is 1.93. The van der Waals surface area contributed by atoms with Crippen molar-refractivity contribution in [2.24, 2.45) is 0 Å². The molecule has 16 heavy (non-hydrogen) atoms. The Morgan fingerprint density at radius 2 is 1.44 bits per heavy atom. The van der Waals surface area contributed by atoms with E-state index in [2.05, 4.69) is 0 Å². The van der Waals surface area contributed by atoms with Crippen molar-refractivity contribution in [3.8, 4) is 0 Å². The Morgan fingerprint density at radius 1 is 1.06 bits per heavy atom. The summed E-state index contributed by atoms with van der Waals surface area (Å²) in [6, 6.07) is 0. The number of aliphatic carboxylic acids is 3. The van der Waals surface area contributed by atoms with Gasteiger partial charge in [-0.05, 0) is 0 Å². The Kier molecular flexibility index (Phi) is 19.9. The van der Waals surface area contributed by atoms with E-state index in [9.17, 15) is 19.5 Å². The van der Waals surface area contributed by atoms with Gasteiger partial charge in [-0.25, -0.2) is 4.79 Å². The number of carboxylic acids is 3. The van der Waals surface area contributed by atoms with Gasteiger partial charge in [0.1, 0.15) is 0 Å². The van der Waals surface area contributed by atoms with Crippen LogP contribution >= 0.6 is 0 Å². The second-order valence-corrected chi connectivity index (χ2v) is 2.46. The van der Waals surface area contributed by atoms with Gasteiger partial charge in [-0.1, -0.05) is 0 Å². The van der Waals surface area contributed by atoms with Crippen molar-refractivity contribution < 1.29 is 150 Å². The molecule has 0 rings (SSSR count). The molecule has 0 bridgehead atoms. The molecule has 0 aromatic heterocycles. The Morgan fingerprint density at radius 3 is 1.62 bits per heavy atom. The summed E-state index contributed by atoms with van der Waals surface area (Å²) in [7, 11) is 0. The molecule has 0 aliphatic carbocycles. The number of aliphatic hydroxyl groups is 1. The van der Waals surface area contributed by atoms with E-state index in [1.807, 2.05) is 0 Å². The van der Waals surface area contributed by atoms with Crippen LogP contribution in [0.3, 0.4) is 0 Å². The van der Waals surface area contributed by atoms with Gasteiger partial charge in [0.25, 0.3) is 0 Å². The molecular weight excluding hydrogens is 298 g/mol. The summed E-state index contributed by atoms with van der Waals surface area (Å²) in [6.45, 7) is 0. The van der Waals surface area contributed by atoms with Gasteiger partial charge in [0.05, 0.1) is 6.42 Å². The average molecular weight is 305 g/mol. The molecular formula is C6H7ClK2O7. The van der Waals surface area contributed by atoms with Gasteiger partial charge >= 0.3 is 115 Å². The van der Waals surface area contributed by atoms with Gasteiger partial charge in [-0.3, -0.25) is 4.79 Å². The van der Waals surface area contributed by atoms with Crippen molar-refractivity contribution in [1.82, 2.24) is 0 Å². The molecule has 0 amide bonds. The first-order valence-electron chi connectivity index (χ1n) is 3.15. The third-order valence-corrected chi connectivity index (χ3v) is 1.28. The van der Waals surface area contributed by atoms with E-state index in [4.69, 9.17) is 15.3 Å². The number of halogens is 1. The number of carbonyl (C=O) groups excluding carboxylic acids is 1. The van der Waals surface area contributed by atoms with Gasteiger partial charge in [0.15, 0.2) is 5.60 Å². The van der Waals surface area contributed by atoms with Crippen molar-refractivity contribution in [2.75, 3.05) is 0 Å². The van der Waals surface area contributed by atoms with E-state index in [1.54, 1.807) is 0 Å². The van der Waals surface area contributed by atoms with E-state index in [0.29, 0.717) is 0 Å². The van der Waals surface area contributed by atoms with Gasteiger partial charge in [-0.2, -0.15) is 0 Å². The smallest absolute Gasteiger partial charge is 1.00 e. The van der Waals surface area contributed by atoms with Crippen molar-refractivity contribution in [1.29, 1.82) is 0 Å². The summed E-state index contributed by atoms with van der Waals surface area (Å²) < 4.78 is 0. The number of carbonyl (C=O) groups is 3. The number of hydrogen-bond donors (Lipinski definition) is 3. The quantitative estimate of drug-likeness (QED) is 0.429. The third kappa shape index (κ3) is 11.0. The van der Waals surface area contributed by atoms with Gasteiger partial charge in [-0.15, -0.1) is 0 Å². The van der Waals surface area contributed by atoms with Crippen molar-refractivity contribution >= 4 is 17.9 Å². The molecule has 0 spiro atoms. The summed E-state index contributed by atoms with van der Waals surface area (Å²) >= 11 is 0. The maximum atomic E-state index is 10.3. The Labute approximate surface area is 182 Å². The maximum Gasteiger partial charge on any atom is 1.00 e. The first kappa shape index (κ1) is 26.5. The monoisotopic (exact) mass is 304 g/mol. The van der Waals surface area contributed by atoms with Crippen LogP contribution in [0.5, 0.6) is 0 Å². The SMILES string of the molecule is O=C([O-])CC(O)(CC(=O)O)C(=O)O.[Cl-].[K+].[K+]. The minimum atomic E-state index is -2.80. The summed E-state index contributed by atoms with van der Waals surface area (Å²) in [5.74, 6) is -5.34. The van der Waals surface area contributed by atoms with Crippen LogP contribution in [-0.2, 0) is 14.4 Å². The summed E-state index contributed by atoms with van der Waals surface area (Å²) in [4.78, 5) is 30.3. The molecule has 1 atom stereocenters. The first-order chi connectivity index (χ1) is 5.78. The molecule has 0 aromatic carbocycles. The van der Waals surface area contributed by atoms with Crippen LogP contribution in [0.25, 0.3) is 0 Å². The summed E-state index contributed by atoms with van der Waals surface area (Å²) in [5, 5.41) is 35.5. The number of rotatable bonds is 5. The second-order valence-electron chi connectivity index (χ2n) is 2.46. The fourth-order valence-corrected chi connectivity index (χ4v) is 0.703. The molecule has 3 N–H and O–H groups in total. The van der Waals surface area contributed by atoms with Crippen LogP contribution in [0.1, 0.15) is 12.8 Å². The maximum absolute atomic E-state index is 10.3. The molecule has 0 radical (unpaired) electrons. The normalized spacial score (nSPS) is 11.8. The zero-order chi connectivity index (χ0) is 10.6. The summed E-state index contributed by atoms with van der Waals surface area (Å²) in [5.41, 5.74) is -2.80. The molecule has 1 unspecified atom stereocenters. The first-order valence-corrected chi connectivity index (χ1v) is 3.15. The molecule has 10 heteroatoms. The topological polar surface area (TPSA) is 135 Å². The molecule has 0 aromatic rings. The molecule has 82 valence electrons. The van der Waals surface area contributed by atoms with Crippen LogP contribution in [0, 0.1) is 0 Å². The Bertz CT molecular complexity index is 241. The van der Waals surface area contributed by atoms with E-state index < -0.39 is 36.4 Å². The third-order valence-electron chi connectivity index (χ3n) is 1.28. The second kappa shape index (κ2) is 12.0. The van der Waals surface area contributed by atoms with Crippen LogP contribution in [0.4, 0.5) is 0 Å².